The highest BCUT2D eigenvalue weighted by molar-refractivity contribution is 7.93. The molecule has 0 spiro atoms. The normalized spacial score (nSPS) is 11.5. The van der Waals surface area contributed by atoms with Crippen LogP contribution >= 0.6 is 0 Å². The first kappa shape index (κ1) is 33.8. The number of phenolic OH excluding ortho intramolecular Hbond substituents is 2. The van der Waals surface area contributed by atoms with Gasteiger partial charge < -0.3 is 10.2 Å². The predicted molar refractivity (Wildman–Crippen MR) is 201 cm³/mol. The number of phenols is 2. The maximum Gasteiger partial charge on any atom is 0.261 e. The molecule has 0 unspecified atom stereocenters. The number of fused-ring (bicyclic) bond motifs is 2. The number of rotatable bonds is 8. The summed E-state index contributed by atoms with van der Waals surface area (Å²) in [5.41, 5.74) is 5.47. The number of sulfonamides is 2. The molecular weight excluding hydrogens is 701 g/mol. The predicted octanol–water partition coefficient (Wildman–Crippen LogP) is 7.47. The maximum atomic E-state index is 12.5. The van der Waals surface area contributed by atoms with Gasteiger partial charge in [0, 0.05) is 33.3 Å². The smallest absolute Gasteiger partial charge is 0.261 e. The van der Waals surface area contributed by atoms with Crippen molar-refractivity contribution >= 4 is 53.2 Å². The Morgan fingerprint density at radius 1 is 0.462 bits per heavy atom. The summed E-state index contributed by atoms with van der Waals surface area (Å²) >= 11 is 0. The van der Waals surface area contributed by atoms with Crippen molar-refractivity contribution in [3.8, 4) is 34.0 Å². The summed E-state index contributed by atoms with van der Waals surface area (Å²) in [5.74, 6) is 0.342. The van der Waals surface area contributed by atoms with E-state index in [-0.39, 0.29) is 21.3 Å². The van der Waals surface area contributed by atoms with E-state index < -0.39 is 20.0 Å². The molecule has 0 saturated heterocycles. The molecule has 8 aromatic rings. The Kier molecular flexibility index (Phi) is 9.07. The van der Waals surface area contributed by atoms with Crippen molar-refractivity contribution in [1.29, 1.82) is 0 Å². The lowest BCUT2D eigenvalue weighted by molar-refractivity contribution is 0.475. The van der Waals surface area contributed by atoms with Crippen LogP contribution in [0.4, 0.5) is 11.4 Å². The zero-order chi connectivity index (χ0) is 36.3. The first-order chi connectivity index (χ1) is 25.1. The molecule has 0 amide bonds. The first-order valence-corrected chi connectivity index (χ1v) is 18.7. The zero-order valence-corrected chi connectivity index (χ0v) is 28.7. The van der Waals surface area contributed by atoms with E-state index in [2.05, 4.69) is 29.8 Å². The summed E-state index contributed by atoms with van der Waals surface area (Å²) in [6.07, 6.45) is 0. The Hall–Kier alpha value is -6.64. The lowest BCUT2D eigenvalue weighted by Gasteiger charge is -2.08. The number of aromatic nitrogens is 4. The van der Waals surface area contributed by atoms with Crippen molar-refractivity contribution in [1.82, 2.24) is 20.4 Å². The van der Waals surface area contributed by atoms with Crippen LogP contribution in [0, 0.1) is 0 Å². The van der Waals surface area contributed by atoms with Gasteiger partial charge in [0.05, 0.1) is 32.2 Å². The Morgan fingerprint density at radius 2 is 0.827 bits per heavy atom. The lowest BCUT2D eigenvalue weighted by Crippen LogP contribution is -2.12. The maximum absolute atomic E-state index is 12.5. The van der Waals surface area contributed by atoms with E-state index in [1.807, 2.05) is 0 Å². The van der Waals surface area contributed by atoms with Crippen LogP contribution in [-0.4, -0.2) is 47.4 Å². The zero-order valence-electron chi connectivity index (χ0n) is 27.1. The minimum atomic E-state index is -3.66. The molecule has 260 valence electrons. The molecule has 6 aromatic carbocycles. The van der Waals surface area contributed by atoms with Crippen LogP contribution in [0.3, 0.4) is 0 Å². The Bertz CT molecular complexity index is 2530. The number of anilines is 2. The van der Waals surface area contributed by atoms with Crippen LogP contribution < -0.4 is 9.44 Å². The van der Waals surface area contributed by atoms with Gasteiger partial charge in [-0.25, -0.2) is 16.8 Å². The van der Waals surface area contributed by atoms with Crippen molar-refractivity contribution in [2.45, 2.75) is 9.79 Å². The number of nitrogens with one attached hydrogen (secondary N) is 4. The number of aromatic amines is 2. The van der Waals surface area contributed by atoms with Crippen molar-refractivity contribution in [3.05, 3.63) is 146 Å². The monoisotopic (exact) mass is 730 g/mol. The number of H-pyrrole nitrogens is 2. The van der Waals surface area contributed by atoms with Crippen molar-refractivity contribution < 1.29 is 27.0 Å². The molecule has 0 aliphatic carbocycles. The third-order valence-corrected chi connectivity index (χ3v) is 10.8. The third kappa shape index (κ3) is 7.28. The fourth-order valence-electron chi connectivity index (χ4n) is 5.46. The molecule has 0 radical (unpaired) electrons. The molecule has 14 heteroatoms. The fourth-order valence-corrected chi connectivity index (χ4v) is 7.60. The standard InChI is InChI=1S/2C19H15N3O3S/c2*23-15-9-6-13(7-10-15)19-17-12-14(8-11-18(17)20-21-19)22-26(24,25)16-4-2-1-3-5-16/h2*1-12,22-23H,(H,20,21). The molecule has 8 rings (SSSR count). The molecule has 0 aliphatic heterocycles. The van der Waals surface area contributed by atoms with Gasteiger partial charge in [0.15, 0.2) is 0 Å². The highest BCUT2D eigenvalue weighted by atomic mass is 32.2. The largest absolute Gasteiger partial charge is 0.508 e. The molecule has 52 heavy (non-hydrogen) atoms. The summed E-state index contributed by atoms with van der Waals surface area (Å²) in [4.78, 5) is 0.400. The molecule has 0 fully saturated rings. The van der Waals surface area contributed by atoms with E-state index in [1.165, 1.54) is 0 Å². The summed E-state index contributed by atoms with van der Waals surface area (Å²) < 4.78 is 55.2. The van der Waals surface area contributed by atoms with Gasteiger partial charge in [0.2, 0.25) is 0 Å². The van der Waals surface area contributed by atoms with E-state index >= 15 is 0 Å². The Morgan fingerprint density at radius 3 is 1.19 bits per heavy atom. The van der Waals surface area contributed by atoms with E-state index in [4.69, 9.17) is 0 Å². The van der Waals surface area contributed by atoms with E-state index in [0.717, 1.165) is 32.9 Å². The van der Waals surface area contributed by atoms with Gasteiger partial charge in [0.1, 0.15) is 11.5 Å². The van der Waals surface area contributed by atoms with E-state index in [0.29, 0.717) is 22.8 Å². The molecule has 12 nitrogen and oxygen atoms in total. The van der Waals surface area contributed by atoms with Crippen molar-refractivity contribution in [2.24, 2.45) is 0 Å². The number of hydrogen-bond acceptors (Lipinski definition) is 8. The van der Waals surface area contributed by atoms with Crippen LogP contribution in [0.15, 0.2) is 155 Å². The molecule has 0 saturated carbocycles. The highest BCUT2D eigenvalue weighted by Gasteiger charge is 2.17. The van der Waals surface area contributed by atoms with Gasteiger partial charge in [-0.05, 0) is 109 Å². The second-order valence-corrected chi connectivity index (χ2v) is 15.0. The Labute approximate surface area is 298 Å². The second kappa shape index (κ2) is 13.9. The lowest BCUT2D eigenvalue weighted by atomic mass is 10.1. The van der Waals surface area contributed by atoms with Crippen LogP contribution in [0.2, 0.25) is 0 Å². The second-order valence-electron chi connectivity index (χ2n) is 11.6. The topological polar surface area (TPSA) is 190 Å². The quantitative estimate of drug-likeness (QED) is 0.0928. The van der Waals surface area contributed by atoms with Gasteiger partial charge in [-0.15, -0.1) is 0 Å². The van der Waals surface area contributed by atoms with E-state index in [9.17, 15) is 27.0 Å². The molecular formula is C38H30N6O6S2. The average molecular weight is 731 g/mol. The van der Waals surface area contributed by atoms with Gasteiger partial charge in [-0.1, -0.05) is 36.4 Å². The van der Waals surface area contributed by atoms with Gasteiger partial charge in [-0.3, -0.25) is 19.6 Å². The van der Waals surface area contributed by atoms with Crippen LogP contribution in [0.1, 0.15) is 0 Å². The van der Waals surface area contributed by atoms with Gasteiger partial charge >= 0.3 is 0 Å². The number of hydrogen-bond donors (Lipinski definition) is 6. The van der Waals surface area contributed by atoms with Crippen molar-refractivity contribution in [2.75, 3.05) is 9.44 Å². The third-order valence-electron chi connectivity index (χ3n) is 8.02. The summed E-state index contributed by atoms with van der Waals surface area (Å²) in [5, 5.41) is 34.9. The van der Waals surface area contributed by atoms with Gasteiger partial charge in [0.25, 0.3) is 20.0 Å². The number of benzene rings is 6. The van der Waals surface area contributed by atoms with Crippen LogP contribution in [-0.2, 0) is 20.0 Å². The van der Waals surface area contributed by atoms with Crippen LogP contribution in [0.5, 0.6) is 11.5 Å². The average Bonchev–Trinajstić information content (AvgIpc) is 3.77. The molecule has 6 N–H and O–H groups in total. The fraction of sp³-hybridized carbons (Fsp3) is 0. The SMILES string of the molecule is O=S(=O)(Nc1ccc2[nH]nc(-c3ccc(O)cc3)c2c1)c1ccccc1.O=S(=O)(Nc1ccc2[nH]nc(-c3ccc(O)cc3)c2c1)c1ccccc1. The first-order valence-electron chi connectivity index (χ1n) is 15.8. The van der Waals surface area contributed by atoms with Crippen LogP contribution in [0.25, 0.3) is 44.3 Å². The number of aromatic hydroxyl groups is 2. The molecule has 0 bridgehead atoms. The Balaban J connectivity index is 0.000000162. The molecule has 0 aliphatic rings. The van der Waals surface area contributed by atoms with Crippen molar-refractivity contribution in [3.63, 3.8) is 0 Å². The molecule has 0 atom stereocenters. The molecule has 2 aromatic heterocycles. The molecule has 2 heterocycles. The number of nitrogens with zero attached hydrogens (tertiary/aromatic N) is 2. The summed E-state index contributed by atoms with van der Waals surface area (Å²) in [6.45, 7) is 0. The van der Waals surface area contributed by atoms with Gasteiger partial charge in [-0.2, -0.15) is 10.2 Å². The minimum absolute atomic E-state index is 0.171. The highest BCUT2D eigenvalue weighted by Crippen LogP contribution is 2.32. The van der Waals surface area contributed by atoms with E-state index in [1.54, 1.807) is 146 Å². The summed E-state index contributed by atoms with van der Waals surface area (Å²) in [6, 6.07) is 40.1. The minimum Gasteiger partial charge on any atom is -0.508 e. The summed E-state index contributed by atoms with van der Waals surface area (Å²) in [7, 11) is -7.32.